The van der Waals surface area contributed by atoms with Gasteiger partial charge in [0, 0.05) is 36.2 Å². The lowest BCUT2D eigenvalue weighted by Gasteiger charge is -2.12. The standard InChI is InChI=1S/C23H28N6O4S2/c1-3-25-34(30,31)20-10-8-19(9-11-20)28-23-24-14-16(2)22(29-23)27-18-6-4-17(5-7-18)15-26-35(32,33)21-12-13-21/h4-11,14,21,25-26H,3,12-13,15H2,1-2H3,(H2,24,27,28,29). The maximum atomic E-state index is 12.1. The van der Waals surface area contributed by atoms with Crippen LogP contribution in [-0.4, -0.2) is 38.6 Å². The van der Waals surface area contributed by atoms with Gasteiger partial charge in [-0.2, -0.15) is 4.98 Å². The van der Waals surface area contributed by atoms with E-state index in [4.69, 9.17) is 0 Å². The molecule has 0 unspecified atom stereocenters. The van der Waals surface area contributed by atoms with Crippen molar-refractivity contribution in [1.29, 1.82) is 0 Å². The second-order valence-corrected chi connectivity index (χ2v) is 12.1. The Balaban J connectivity index is 1.40. The van der Waals surface area contributed by atoms with Crippen molar-refractivity contribution in [3.63, 3.8) is 0 Å². The monoisotopic (exact) mass is 516 g/mol. The number of nitrogens with one attached hydrogen (secondary N) is 4. The van der Waals surface area contributed by atoms with E-state index >= 15 is 0 Å². The van der Waals surface area contributed by atoms with Crippen LogP contribution in [0.25, 0.3) is 0 Å². The van der Waals surface area contributed by atoms with Gasteiger partial charge in [0.1, 0.15) is 5.82 Å². The van der Waals surface area contributed by atoms with E-state index in [9.17, 15) is 16.8 Å². The van der Waals surface area contributed by atoms with Gasteiger partial charge in [0.05, 0.1) is 10.1 Å². The molecule has 0 amide bonds. The van der Waals surface area contributed by atoms with Crippen LogP contribution >= 0.6 is 0 Å². The Labute approximate surface area is 205 Å². The van der Waals surface area contributed by atoms with Crippen molar-refractivity contribution >= 4 is 43.2 Å². The molecule has 0 atom stereocenters. The van der Waals surface area contributed by atoms with Crippen molar-refractivity contribution in [2.75, 3.05) is 17.2 Å². The molecule has 35 heavy (non-hydrogen) atoms. The molecule has 1 aliphatic rings. The van der Waals surface area contributed by atoms with Crippen molar-refractivity contribution in [3.05, 3.63) is 65.9 Å². The third-order valence-corrected chi connectivity index (χ3v) is 8.84. The second-order valence-electron chi connectivity index (χ2n) is 8.26. The molecule has 12 heteroatoms. The third kappa shape index (κ3) is 6.54. The van der Waals surface area contributed by atoms with Crippen LogP contribution in [0, 0.1) is 6.92 Å². The van der Waals surface area contributed by atoms with Gasteiger partial charge < -0.3 is 10.6 Å². The smallest absolute Gasteiger partial charge is 0.240 e. The van der Waals surface area contributed by atoms with Crippen LogP contribution in [0.5, 0.6) is 0 Å². The largest absolute Gasteiger partial charge is 0.340 e. The molecule has 0 bridgehead atoms. The summed E-state index contributed by atoms with van der Waals surface area (Å²) in [4.78, 5) is 9.01. The number of sulfonamides is 2. The van der Waals surface area contributed by atoms with E-state index < -0.39 is 20.0 Å². The van der Waals surface area contributed by atoms with Gasteiger partial charge in [-0.05, 0) is 61.7 Å². The molecule has 1 aliphatic carbocycles. The van der Waals surface area contributed by atoms with Gasteiger partial charge in [0.25, 0.3) is 0 Å². The van der Waals surface area contributed by atoms with Crippen molar-refractivity contribution in [2.24, 2.45) is 0 Å². The van der Waals surface area contributed by atoms with E-state index in [1.165, 1.54) is 12.1 Å². The van der Waals surface area contributed by atoms with Crippen molar-refractivity contribution in [2.45, 2.75) is 43.4 Å². The molecular weight excluding hydrogens is 488 g/mol. The molecule has 186 valence electrons. The minimum atomic E-state index is -3.52. The van der Waals surface area contributed by atoms with Crippen molar-refractivity contribution in [1.82, 2.24) is 19.4 Å². The fourth-order valence-corrected chi connectivity index (χ4v) is 5.67. The predicted molar refractivity (Wildman–Crippen MR) is 136 cm³/mol. The predicted octanol–water partition coefficient (Wildman–Crippen LogP) is 3.15. The zero-order chi connectivity index (χ0) is 25.1. The molecular formula is C23H28N6O4S2. The summed E-state index contributed by atoms with van der Waals surface area (Å²) in [6.45, 7) is 4.18. The Hall–Kier alpha value is -3.06. The molecule has 1 aromatic heterocycles. The van der Waals surface area contributed by atoms with E-state index in [1.807, 2.05) is 31.2 Å². The minimum Gasteiger partial charge on any atom is -0.340 e. The maximum Gasteiger partial charge on any atom is 0.240 e. The molecule has 10 nitrogen and oxygen atoms in total. The van der Waals surface area contributed by atoms with Gasteiger partial charge in [0.15, 0.2) is 0 Å². The lowest BCUT2D eigenvalue weighted by molar-refractivity contribution is 0.579. The van der Waals surface area contributed by atoms with Gasteiger partial charge in [-0.25, -0.2) is 31.3 Å². The summed E-state index contributed by atoms with van der Waals surface area (Å²) in [6, 6.07) is 13.8. The van der Waals surface area contributed by atoms with Crippen molar-refractivity contribution < 1.29 is 16.8 Å². The average Bonchev–Trinajstić information content (AvgIpc) is 3.68. The second kappa shape index (κ2) is 10.3. The van der Waals surface area contributed by atoms with E-state index in [0.717, 1.165) is 29.7 Å². The SMILES string of the molecule is CCNS(=O)(=O)c1ccc(Nc2ncc(C)c(Nc3ccc(CNS(=O)(=O)C4CC4)cc3)n2)cc1. The molecule has 3 aromatic rings. The van der Waals surface area contributed by atoms with Crippen molar-refractivity contribution in [3.8, 4) is 0 Å². The number of aryl methyl sites for hydroxylation is 1. The van der Waals surface area contributed by atoms with E-state index in [1.54, 1.807) is 25.3 Å². The maximum absolute atomic E-state index is 12.1. The summed E-state index contributed by atoms with van der Waals surface area (Å²) in [6.07, 6.45) is 3.15. The number of anilines is 4. The zero-order valence-electron chi connectivity index (χ0n) is 19.4. The quantitative estimate of drug-likeness (QED) is 0.304. The topological polar surface area (TPSA) is 142 Å². The van der Waals surface area contributed by atoms with Gasteiger partial charge in [-0.15, -0.1) is 0 Å². The minimum absolute atomic E-state index is 0.181. The Bertz CT molecular complexity index is 1390. The lowest BCUT2D eigenvalue weighted by atomic mass is 10.2. The molecule has 2 aromatic carbocycles. The highest BCUT2D eigenvalue weighted by Crippen LogP contribution is 2.27. The van der Waals surface area contributed by atoms with E-state index in [2.05, 4.69) is 30.0 Å². The summed E-state index contributed by atoms with van der Waals surface area (Å²) in [7, 11) is -6.73. The van der Waals surface area contributed by atoms with Gasteiger partial charge in [-0.3, -0.25) is 0 Å². The molecule has 0 spiro atoms. The zero-order valence-corrected chi connectivity index (χ0v) is 21.1. The highest BCUT2D eigenvalue weighted by Gasteiger charge is 2.35. The first-order chi connectivity index (χ1) is 16.7. The first-order valence-corrected chi connectivity index (χ1v) is 14.2. The number of hydrogen-bond donors (Lipinski definition) is 4. The summed E-state index contributed by atoms with van der Waals surface area (Å²) < 4.78 is 53.3. The Morgan fingerprint density at radius 1 is 0.886 bits per heavy atom. The highest BCUT2D eigenvalue weighted by molar-refractivity contribution is 7.90. The van der Waals surface area contributed by atoms with Crippen LogP contribution in [-0.2, 0) is 26.6 Å². The fourth-order valence-electron chi connectivity index (χ4n) is 3.27. The number of hydrogen-bond acceptors (Lipinski definition) is 8. The summed E-state index contributed by atoms with van der Waals surface area (Å²) in [5.74, 6) is 0.961. The van der Waals surface area contributed by atoms with Gasteiger partial charge >= 0.3 is 0 Å². The molecule has 4 N–H and O–H groups in total. The number of aromatic nitrogens is 2. The molecule has 0 aliphatic heterocycles. The lowest BCUT2D eigenvalue weighted by Crippen LogP contribution is -2.26. The third-order valence-electron chi connectivity index (χ3n) is 5.38. The summed E-state index contributed by atoms with van der Waals surface area (Å²) in [5.41, 5.74) is 3.14. The van der Waals surface area contributed by atoms with Crippen LogP contribution in [0.2, 0.25) is 0 Å². The normalized spacial score (nSPS) is 14.0. The van der Waals surface area contributed by atoms with E-state index in [0.29, 0.717) is 24.0 Å². The molecule has 1 saturated carbocycles. The van der Waals surface area contributed by atoms with Gasteiger partial charge in [-0.1, -0.05) is 19.1 Å². The average molecular weight is 517 g/mol. The first-order valence-electron chi connectivity index (χ1n) is 11.2. The molecule has 4 rings (SSSR count). The summed E-state index contributed by atoms with van der Waals surface area (Å²) in [5, 5.41) is 6.09. The van der Waals surface area contributed by atoms with Crippen LogP contribution < -0.4 is 20.1 Å². The number of benzene rings is 2. The Morgan fingerprint density at radius 2 is 1.51 bits per heavy atom. The number of rotatable bonds is 11. The van der Waals surface area contributed by atoms with Crippen LogP contribution in [0.3, 0.4) is 0 Å². The number of nitrogens with zero attached hydrogens (tertiary/aromatic N) is 2. The summed E-state index contributed by atoms with van der Waals surface area (Å²) >= 11 is 0. The van der Waals surface area contributed by atoms with Gasteiger partial charge in [0.2, 0.25) is 26.0 Å². The molecule has 1 fully saturated rings. The highest BCUT2D eigenvalue weighted by atomic mass is 32.2. The first kappa shape index (κ1) is 25.0. The van der Waals surface area contributed by atoms with Crippen LogP contribution in [0.4, 0.5) is 23.1 Å². The Kier molecular flexibility index (Phi) is 7.36. The molecule has 0 saturated heterocycles. The fraction of sp³-hybridized carbons (Fsp3) is 0.304. The van der Waals surface area contributed by atoms with Crippen LogP contribution in [0.15, 0.2) is 59.6 Å². The molecule has 1 heterocycles. The molecule has 0 radical (unpaired) electrons. The van der Waals surface area contributed by atoms with E-state index in [-0.39, 0.29) is 16.7 Å². The van der Waals surface area contributed by atoms with Crippen LogP contribution in [0.1, 0.15) is 30.9 Å². The Morgan fingerprint density at radius 3 is 2.14 bits per heavy atom.